The number of carbonyl (C=O) groups is 2. The van der Waals surface area contributed by atoms with Gasteiger partial charge < -0.3 is 29.6 Å². The molecule has 8 heteroatoms. The summed E-state index contributed by atoms with van der Waals surface area (Å²) in [6.07, 6.45) is -0.510. The molecule has 0 fully saturated rings. The van der Waals surface area contributed by atoms with Crippen LogP contribution in [0.4, 0.5) is 5.95 Å². The third-order valence-electron chi connectivity index (χ3n) is 4.40. The predicted molar refractivity (Wildman–Crippen MR) is 106 cm³/mol. The molecular weight excluding hydrogens is 374 g/mol. The number of aromatic nitrogens is 2. The largest absolute Gasteiger partial charge is 0.546 e. The molecule has 1 heterocycles. The number of aliphatic hydroxyl groups excluding tert-OH is 1. The van der Waals surface area contributed by atoms with E-state index in [1.807, 2.05) is 24.3 Å². The second kappa shape index (κ2) is 9.20. The summed E-state index contributed by atoms with van der Waals surface area (Å²) in [6.45, 7) is 2.06. The molecule has 0 aliphatic rings. The van der Waals surface area contributed by atoms with E-state index in [1.54, 1.807) is 28.8 Å². The minimum absolute atomic E-state index is 0.0666. The summed E-state index contributed by atoms with van der Waals surface area (Å²) in [7, 11) is 0. The first-order valence-electron chi connectivity index (χ1n) is 9.30. The molecule has 0 aliphatic carbocycles. The number of imidazole rings is 1. The van der Waals surface area contributed by atoms with Gasteiger partial charge in [0.25, 0.3) is 0 Å². The SMILES string of the molecule is CC(Oc1ccc(C(=O)Cn2c(NCCCO)nc3ccccc32)cc1)C(=O)[O-]. The first-order valence-corrected chi connectivity index (χ1v) is 9.30. The minimum atomic E-state index is -1.31. The molecule has 1 atom stereocenters. The van der Waals surface area contributed by atoms with Gasteiger partial charge in [-0.3, -0.25) is 4.79 Å². The number of fused-ring (bicyclic) bond motifs is 1. The summed E-state index contributed by atoms with van der Waals surface area (Å²) >= 11 is 0. The van der Waals surface area contributed by atoms with Gasteiger partial charge in [0.15, 0.2) is 5.78 Å². The number of ketones is 1. The third kappa shape index (κ3) is 4.91. The fourth-order valence-corrected chi connectivity index (χ4v) is 2.86. The van der Waals surface area contributed by atoms with E-state index in [0.717, 1.165) is 11.0 Å². The molecule has 1 unspecified atom stereocenters. The zero-order valence-electron chi connectivity index (χ0n) is 16.0. The van der Waals surface area contributed by atoms with Crippen molar-refractivity contribution in [2.45, 2.75) is 26.0 Å². The van der Waals surface area contributed by atoms with Gasteiger partial charge in [0, 0.05) is 18.7 Å². The van der Waals surface area contributed by atoms with Gasteiger partial charge in [-0.05, 0) is 49.7 Å². The van der Waals surface area contributed by atoms with Gasteiger partial charge in [-0.25, -0.2) is 4.98 Å². The Hall–Kier alpha value is -3.39. The molecule has 29 heavy (non-hydrogen) atoms. The van der Waals surface area contributed by atoms with Crippen molar-refractivity contribution in [3.63, 3.8) is 0 Å². The Kier molecular flexibility index (Phi) is 6.46. The van der Waals surface area contributed by atoms with Gasteiger partial charge in [-0.15, -0.1) is 0 Å². The molecule has 2 N–H and O–H groups in total. The van der Waals surface area contributed by atoms with Crippen LogP contribution in [0.25, 0.3) is 11.0 Å². The molecule has 0 bridgehead atoms. The summed E-state index contributed by atoms with van der Waals surface area (Å²) in [4.78, 5) is 28.1. The number of Topliss-reactive ketones (excluding diaryl/α,β-unsaturated/α-hetero) is 1. The standard InChI is InChI=1S/C21H23N3O5/c1-14(20(27)28)29-16-9-7-15(8-10-16)19(26)13-24-18-6-3-2-5-17(18)23-21(24)22-11-4-12-25/h2-3,5-10,14,25H,4,11-13H2,1H3,(H,22,23)(H,27,28)/p-1. The molecular formula is C21H22N3O5-. The highest BCUT2D eigenvalue weighted by molar-refractivity contribution is 5.97. The summed E-state index contributed by atoms with van der Waals surface area (Å²) < 4.78 is 7.03. The van der Waals surface area contributed by atoms with E-state index in [2.05, 4.69) is 10.3 Å². The highest BCUT2D eigenvalue weighted by Gasteiger charge is 2.15. The summed E-state index contributed by atoms with van der Waals surface area (Å²) in [5, 5.41) is 22.9. The van der Waals surface area contributed by atoms with Crippen LogP contribution in [0.5, 0.6) is 5.75 Å². The van der Waals surface area contributed by atoms with Gasteiger partial charge in [-0.1, -0.05) is 12.1 Å². The Morgan fingerprint density at radius 2 is 1.93 bits per heavy atom. The van der Waals surface area contributed by atoms with Crippen molar-refractivity contribution in [1.82, 2.24) is 9.55 Å². The molecule has 3 rings (SSSR count). The summed E-state index contributed by atoms with van der Waals surface area (Å²) in [6, 6.07) is 13.8. The average molecular weight is 396 g/mol. The molecule has 3 aromatic rings. The van der Waals surface area contributed by atoms with Crippen molar-refractivity contribution in [2.75, 3.05) is 18.5 Å². The lowest BCUT2D eigenvalue weighted by atomic mass is 10.1. The van der Waals surface area contributed by atoms with Crippen LogP contribution in [0, 0.1) is 0 Å². The zero-order valence-corrected chi connectivity index (χ0v) is 16.0. The van der Waals surface area contributed by atoms with Crippen molar-refractivity contribution in [3.05, 3.63) is 54.1 Å². The van der Waals surface area contributed by atoms with Crippen molar-refractivity contribution in [1.29, 1.82) is 0 Å². The molecule has 2 aromatic carbocycles. The number of carbonyl (C=O) groups excluding carboxylic acids is 2. The lowest BCUT2D eigenvalue weighted by Crippen LogP contribution is -2.37. The van der Waals surface area contributed by atoms with Crippen LogP contribution < -0.4 is 15.2 Å². The number of hydrogen-bond acceptors (Lipinski definition) is 7. The Balaban J connectivity index is 1.78. The number of para-hydroxylation sites is 2. The van der Waals surface area contributed by atoms with Crippen LogP contribution in [0.2, 0.25) is 0 Å². The number of ether oxygens (including phenoxy) is 1. The van der Waals surface area contributed by atoms with Gasteiger partial charge in [0.2, 0.25) is 5.95 Å². The van der Waals surface area contributed by atoms with Crippen LogP contribution in [0.3, 0.4) is 0 Å². The van der Waals surface area contributed by atoms with Crippen molar-refractivity contribution >= 4 is 28.7 Å². The van der Waals surface area contributed by atoms with Gasteiger partial charge >= 0.3 is 0 Å². The topological polar surface area (TPSA) is 117 Å². The van der Waals surface area contributed by atoms with Crippen LogP contribution in [0.1, 0.15) is 23.7 Å². The van der Waals surface area contributed by atoms with E-state index in [4.69, 9.17) is 9.84 Å². The van der Waals surface area contributed by atoms with E-state index in [9.17, 15) is 14.7 Å². The lowest BCUT2D eigenvalue weighted by molar-refractivity contribution is -0.312. The number of nitrogens with zero attached hydrogens (tertiary/aromatic N) is 2. The minimum Gasteiger partial charge on any atom is -0.546 e. The van der Waals surface area contributed by atoms with E-state index in [0.29, 0.717) is 30.2 Å². The highest BCUT2D eigenvalue weighted by Crippen LogP contribution is 2.21. The first kappa shape index (κ1) is 20.3. The molecule has 0 saturated heterocycles. The Morgan fingerprint density at radius 3 is 2.62 bits per heavy atom. The maximum Gasteiger partial charge on any atom is 0.204 e. The fraction of sp³-hybridized carbons (Fsp3) is 0.286. The second-order valence-corrected chi connectivity index (χ2v) is 6.54. The lowest BCUT2D eigenvalue weighted by Gasteiger charge is -2.15. The predicted octanol–water partition coefficient (Wildman–Crippen LogP) is 1.23. The Labute approximate surface area is 167 Å². The number of anilines is 1. The van der Waals surface area contributed by atoms with Crippen molar-refractivity contribution in [2.24, 2.45) is 0 Å². The normalized spacial score (nSPS) is 11.9. The Bertz CT molecular complexity index is 997. The smallest absolute Gasteiger partial charge is 0.204 e. The third-order valence-corrected chi connectivity index (χ3v) is 4.40. The molecule has 8 nitrogen and oxygen atoms in total. The number of carboxylic acids is 1. The van der Waals surface area contributed by atoms with Crippen molar-refractivity contribution in [3.8, 4) is 5.75 Å². The molecule has 0 spiro atoms. The van der Waals surface area contributed by atoms with Crippen LogP contribution >= 0.6 is 0 Å². The van der Waals surface area contributed by atoms with Crippen LogP contribution in [0.15, 0.2) is 48.5 Å². The van der Waals surface area contributed by atoms with E-state index < -0.39 is 12.1 Å². The summed E-state index contributed by atoms with van der Waals surface area (Å²) in [5.41, 5.74) is 2.07. The van der Waals surface area contributed by atoms with Crippen molar-refractivity contribution < 1.29 is 24.5 Å². The average Bonchev–Trinajstić information content (AvgIpc) is 3.06. The number of benzene rings is 2. The number of aliphatic carboxylic acids is 1. The van der Waals surface area contributed by atoms with E-state index in [1.165, 1.54) is 6.92 Å². The molecule has 1 aromatic heterocycles. The number of aliphatic hydroxyl groups is 1. The number of hydrogen-bond donors (Lipinski definition) is 2. The van der Waals surface area contributed by atoms with Crippen LogP contribution in [-0.4, -0.2) is 45.7 Å². The van der Waals surface area contributed by atoms with E-state index in [-0.39, 0.29) is 18.9 Å². The highest BCUT2D eigenvalue weighted by atomic mass is 16.5. The molecule has 152 valence electrons. The second-order valence-electron chi connectivity index (χ2n) is 6.54. The molecule has 0 saturated carbocycles. The number of rotatable bonds is 10. The first-order chi connectivity index (χ1) is 14.0. The van der Waals surface area contributed by atoms with Gasteiger partial charge in [0.1, 0.15) is 11.9 Å². The maximum absolute atomic E-state index is 12.8. The quantitative estimate of drug-likeness (QED) is 0.391. The maximum atomic E-state index is 12.8. The molecule has 0 amide bonds. The molecule has 0 aliphatic heterocycles. The van der Waals surface area contributed by atoms with Crippen LogP contribution in [-0.2, 0) is 11.3 Å². The summed E-state index contributed by atoms with van der Waals surface area (Å²) in [5.74, 6) is -0.523. The molecule has 0 radical (unpaired) electrons. The van der Waals surface area contributed by atoms with Gasteiger partial charge in [-0.2, -0.15) is 0 Å². The van der Waals surface area contributed by atoms with E-state index >= 15 is 0 Å². The number of carboxylic acid groups (broad SMARTS) is 1. The number of nitrogens with one attached hydrogen (secondary N) is 1. The Morgan fingerprint density at radius 1 is 1.21 bits per heavy atom. The monoisotopic (exact) mass is 396 g/mol. The van der Waals surface area contributed by atoms with Gasteiger partial charge in [0.05, 0.1) is 23.5 Å². The zero-order chi connectivity index (χ0) is 20.8. The fourth-order valence-electron chi connectivity index (χ4n) is 2.86.